The van der Waals surface area contributed by atoms with E-state index in [1.807, 2.05) is 10.4 Å². The van der Waals surface area contributed by atoms with Crippen molar-refractivity contribution in [2.45, 2.75) is 63.3 Å². The highest BCUT2D eigenvalue weighted by atomic mass is 32.1. The van der Waals surface area contributed by atoms with Crippen molar-refractivity contribution in [3.63, 3.8) is 0 Å². The standard InChI is InChI=1S/C19H27N6O3S2/c1-13(26)23-9-7-15(8-10-23)18-22-24(12-30-18)25(19(27)28-2)16-5-3-14(4-6-16)17-21-20-11-29-17/h11-12,14-16H,3-10H2,1-2H3/q+1. The highest BCUT2D eigenvalue weighted by molar-refractivity contribution is 7.09. The summed E-state index contributed by atoms with van der Waals surface area (Å²) in [5.74, 6) is 0.860. The second-order valence-electron chi connectivity index (χ2n) is 7.86. The number of piperidine rings is 1. The third-order valence-corrected chi connectivity index (χ3v) is 7.92. The van der Waals surface area contributed by atoms with Crippen LogP contribution in [-0.2, 0) is 9.53 Å². The molecule has 0 unspecified atom stereocenters. The number of carbonyl (C=O) groups is 2. The van der Waals surface area contributed by atoms with Gasteiger partial charge < -0.3 is 9.64 Å². The maximum absolute atomic E-state index is 12.6. The van der Waals surface area contributed by atoms with E-state index in [-0.39, 0.29) is 18.0 Å². The molecule has 162 valence electrons. The summed E-state index contributed by atoms with van der Waals surface area (Å²) in [7, 11) is 1.41. The van der Waals surface area contributed by atoms with E-state index >= 15 is 0 Å². The van der Waals surface area contributed by atoms with Crippen LogP contribution in [0.5, 0.6) is 0 Å². The summed E-state index contributed by atoms with van der Waals surface area (Å²) in [6.45, 7) is 3.14. The van der Waals surface area contributed by atoms with Crippen LogP contribution < -0.4 is 9.80 Å². The van der Waals surface area contributed by atoms with Crippen molar-refractivity contribution in [3.8, 4) is 0 Å². The molecule has 1 saturated carbocycles. The number of nitrogens with zero attached hydrogens (tertiary/aromatic N) is 6. The summed E-state index contributed by atoms with van der Waals surface area (Å²) in [6.07, 6.45) is 5.09. The molecule has 3 heterocycles. The Hall–Kier alpha value is -2.14. The SMILES string of the molecule is COC(=O)N(C1CCC(c2nncs2)CC1)[n+]1csc(C2CCN(C(C)=O)CC2)n1. The molecule has 0 atom stereocenters. The minimum atomic E-state index is -0.386. The first-order valence-electron chi connectivity index (χ1n) is 10.3. The molecule has 0 aromatic carbocycles. The molecule has 0 spiro atoms. The van der Waals surface area contributed by atoms with Gasteiger partial charge in [-0.2, -0.15) is 0 Å². The van der Waals surface area contributed by atoms with Crippen LogP contribution in [-0.4, -0.2) is 58.4 Å². The normalized spacial score (nSPS) is 22.7. The molecular weight excluding hydrogens is 424 g/mol. The first-order valence-corrected chi connectivity index (χ1v) is 12.1. The molecule has 30 heavy (non-hydrogen) atoms. The lowest BCUT2D eigenvalue weighted by molar-refractivity contribution is -0.740. The summed E-state index contributed by atoms with van der Waals surface area (Å²) in [4.78, 5) is 27.7. The zero-order valence-electron chi connectivity index (χ0n) is 17.3. The Balaban J connectivity index is 1.43. The average Bonchev–Trinajstić information content (AvgIpc) is 3.47. The third-order valence-electron chi connectivity index (χ3n) is 6.11. The Bertz CT molecular complexity index is 858. The second-order valence-corrected chi connectivity index (χ2v) is 9.59. The second kappa shape index (κ2) is 9.34. The van der Waals surface area contributed by atoms with Crippen molar-refractivity contribution in [1.29, 1.82) is 0 Å². The molecule has 2 fully saturated rings. The van der Waals surface area contributed by atoms with E-state index in [2.05, 4.69) is 10.2 Å². The zero-order valence-corrected chi connectivity index (χ0v) is 18.9. The fourth-order valence-corrected chi connectivity index (χ4v) is 6.02. The number of rotatable bonds is 4. The van der Waals surface area contributed by atoms with Gasteiger partial charge in [0.2, 0.25) is 5.91 Å². The van der Waals surface area contributed by atoms with Gasteiger partial charge in [-0.25, -0.2) is 4.79 Å². The molecule has 2 aliphatic rings. The van der Waals surface area contributed by atoms with Crippen molar-refractivity contribution < 1.29 is 19.1 Å². The molecule has 4 rings (SSSR count). The minimum absolute atomic E-state index is 0.0427. The van der Waals surface area contributed by atoms with Gasteiger partial charge in [0, 0.05) is 36.9 Å². The molecule has 0 N–H and O–H groups in total. The summed E-state index contributed by atoms with van der Waals surface area (Å²) in [6, 6.07) is 0.0427. The van der Waals surface area contributed by atoms with Crippen LogP contribution in [0, 0.1) is 0 Å². The Kier molecular flexibility index (Phi) is 6.57. The Labute approximate surface area is 183 Å². The van der Waals surface area contributed by atoms with E-state index < -0.39 is 0 Å². The minimum Gasteiger partial charge on any atom is -0.449 e. The van der Waals surface area contributed by atoms with Crippen LogP contribution in [0.1, 0.15) is 67.3 Å². The smallest absolute Gasteiger partial charge is 0.449 e. The summed E-state index contributed by atoms with van der Waals surface area (Å²) in [5, 5.41) is 16.7. The van der Waals surface area contributed by atoms with Crippen LogP contribution >= 0.6 is 22.7 Å². The van der Waals surface area contributed by atoms with Gasteiger partial charge in [0.15, 0.2) is 5.01 Å². The van der Waals surface area contributed by atoms with Gasteiger partial charge in [0.05, 0.1) is 17.9 Å². The number of ether oxygens (including phenoxy) is 1. The molecule has 0 bridgehead atoms. The molecular formula is C19H27N6O3S2+. The fourth-order valence-electron chi connectivity index (χ4n) is 4.39. The summed E-state index contributed by atoms with van der Waals surface area (Å²) in [5.41, 5.74) is 3.66. The van der Waals surface area contributed by atoms with Crippen LogP contribution in [0.25, 0.3) is 0 Å². The van der Waals surface area contributed by atoms with Crippen molar-refractivity contribution >= 4 is 34.7 Å². The van der Waals surface area contributed by atoms with Crippen molar-refractivity contribution in [2.24, 2.45) is 0 Å². The highest BCUT2D eigenvalue weighted by Crippen LogP contribution is 2.35. The third kappa shape index (κ3) is 4.46. The first-order chi connectivity index (χ1) is 14.6. The van der Waals surface area contributed by atoms with E-state index in [9.17, 15) is 9.59 Å². The van der Waals surface area contributed by atoms with E-state index in [4.69, 9.17) is 9.84 Å². The molecule has 0 radical (unpaired) electrons. The number of hydrogen-bond donors (Lipinski definition) is 0. The van der Waals surface area contributed by atoms with Gasteiger partial charge >= 0.3 is 6.09 Å². The van der Waals surface area contributed by atoms with Crippen LogP contribution in [0.2, 0.25) is 0 Å². The van der Waals surface area contributed by atoms with Gasteiger partial charge in [-0.1, -0.05) is 0 Å². The van der Waals surface area contributed by atoms with Crippen molar-refractivity contribution in [1.82, 2.24) is 20.2 Å². The number of aromatic nitrogens is 4. The van der Waals surface area contributed by atoms with Gasteiger partial charge in [-0.3, -0.25) is 4.79 Å². The van der Waals surface area contributed by atoms with Crippen molar-refractivity contribution in [2.75, 3.05) is 25.2 Å². The molecule has 1 saturated heterocycles. The molecule has 1 aliphatic carbocycles. The van der Waals surface area contributed by atoms with Crippen LogP contribution in [0.4, 0.5) is 4.79 Å². The molecule has 2 aromatic rings. The highest BCUT2D eigenvalue weighted by Gasteiger charge is 2.39. The number of likely N-dealkylation sites (tertiary alicyclic amines) is 1. The largest absolute Gasteiger partial charge is 0.465 e. The number of carbonyl (C=O) groups excluding carboxylic acids is 2. The summed E-state index contributed by atoms with van der Waals surface area (Å²) >= 11 is 3.17. The average molecular weight is 452 g/mol. The molecule has 2 aromatic heterocycles. The van der Waals surface area contributed by atoms with Gasteiger partial charge in [0.25, 0.3) is 5.51 Å². The predicted octanol–water partition coefficient (Wildman–Crippen LogP) is 2.44. The Morgan fingerprint density at radius 1 is 1.10 bits per heavy atom. The lowest BCUT2D eigenvalue weighted by Crippen LogP contribution is -2.66. The number of amides is 2. The predicted molar refractivity (Wildman–Crippen MR) is 112 cm³/mol. The van der Waals surface area contributed by atoms with E-state index in [0.717, 1.165) is 61.6 Å². The zero-order chi connectivity index (χ0) is 21.1. The molecule has 11 heteroatoms. The number of methoxy groups -OCH3 is 1. The Morgan fingerprint density at radius 2 is 1.80 bits per heavy atom. The quantitative estimate of drug-likeness (QED) is 0.663. The maximum Gasteiger partial charge on any atom is 0.465 e. The van der Waals surface area contributed by atoms with Gasteiger partial charge in [0.1, 0.15) is 10.5 Å². The monoisotopic (exact) mass is 451 g/mol. The summed E-state index contributed by atoms with van der Waals surface area (Å²) < 4.78 is 5.08. The topological polar surface area (TPSA) is 92.4 Å². The molecule has 1 aliphatic heterocycles. The van der Waals surface area contributed by atoms with Crippen LogP contribution in [0.3, 0.4) is 0 Å². The lowest BCUT2D eigenvalue weighted by atomic mass is 9.86. The first kappa shape index (κ1) is 21.1. The molecule has 2 amide bonds. The Morgan fingerprint density at radius 3 is 2.40 bits per heavy atom. The fraction of sp³-hybridized carbons (Fsp3) is 0.684. The van der Waals surface area contributed by atoms with Crippen molar-refractivity contribution in [3.05, 3.63) is 21.0 Å². The van der Waals surface area contributed by atoms with Crippen LogP contribution in [0.15, 0.2) is 11.0 Å². The van der Waals surface area contributed by atoms with E-state index in [1.165, 1.54) is 7.11 Å². The van der Waals surface area contributed by atoms with Gasteiger partial charge in [-0.05, 0) is 54.9 Å². The van der Waals surface area contributed by atoms with E-state index in [0.29, 0.717) is 11.8 Å². The van der Waals surface area contributed by atoms with Gasteiger partial charge in [-0.15, -0.1) is 21.5 Å². The molecule has 9 nitrogen and oxygen atoms in total. The lowest BCUT2D eigenvalue weighted by Gasteiger charge is -2.30. The number of hydrogen-bond acceptors (Lipinski definition) is 8. The van der Waals surface area contributed by atoms with E-state index in [1.54, 1.807) is 44.9 Å². The maximum atomic E-state index is 12.6.